The first-order chi connectivity index (χ1) is 16.1. The van der Waals surface area contributed by atoms with E-state index in [0.717, 1.165) is 38.5 Å². The van der Waals surface area contributed by atoms with Gasteiger partial charge in [-0.05, 0) is 92.3 Å². The molecule has 0 aromatic carbocycles. The summed E-state index contributed by atoms with van der Waals surface area (Å²) >= 11 is 0. The minimum Gasteiger partial charge on any atom is -0.481 e. The van der Waals surface area contributed by atoms with Crippen molar-refractivity contribution in [3.05, 3.63) is 11.6 Å². The first-order valence-corrected chi connectivity index (χ1v) is 14.1. The Morgan fingerprint density at radius 2 is 1.71 bits per heavy atom. The molecule has 0 spiro atoms. The molecule has 200 valence electrons. The third-order valence-corrected chi connectivity index (χ3v) is 12.0. The molecule has 0 saturated heterocycles. The van der Waals surface area contributed by atoms with Crippen LogP contribution in [0.2, 0.25) is 0 Å². The summed E-state index contributed by atoms with van der Waals surface area (Å²) in [5.41, 5.74) is -1.40. The van der Waals surface area contributed by atoms with E-state index in [4.69, 9.17) is 0 Å². The summed E-state index contributed by atoms with van der Waals surface area (Å²) < 4.78 is 0. The van der Waals surface area contributed by atoms with Crippen molar-refractivity contribution in [2.75, 3.05) is 0 Å². The molecule has 0 heterocycles. The van der Waals surface area contributed by atoms with Crippen molar-refractivity contribution >= 4 is 5.97 Å². The van der Waals surface area contributed by atoms with Crippen LogP contribution in [0.15, 0.2) is 11.6 Å². The number of aliphatic hydroxyl groups is 3. The monoisotopic (exact) mass is 490 g/mol. The predicted molar refractivity (Wildman–Crippen MR) is 138 cm³/mol. The molecule has 0 amide bonds. The van der Waals surface area contributed by atoms with E-state index in [1.54, 1.807) is 0 Å². The fraction of sp³-hybridized carbons (Fsp3) is 0.900. The van der Waals surface area contributed by atoms with Crippen molar-refractivity contribution in [3.63, 3.8) is 0 Å². The maximum absolute atomic E-state index is 12.7. The minimum atomic E-state index is -1.04. The SMILES string of the molecule is CCC[C@H]1C(C)(C)[C@@H](O)[C@H](O)C[C@]1(C)[C@H]1CC=C2[C@H]3[C@](C(=O)O)(CC[C@@H](C)[C@@]3(C)O)CC[C@@]2(C)C1. The van der Waals surface area contributed by atoms with Gasteiger partial charge in [-0.25, -0.2) is 0 Å². The number of allylic oxidation sites excluding steroid dienone is 1. The van der Waals surface area contributed by atoms with Gasteiger partial charge >= 0.3 is 5.97 Å². The van der Waals surface area contributed by atoms with E-state index in [1.807, 2.05) is 6.92 Å². The molecule has 0 aromatic heterocycles. The Balaban J connectivity index is 1.76. The summed E-state index contributed by atoms with van der Waals surface area (Å²) in [6.07, 6.45) is 8.13. The molecule has 5 heteroatoms. The quantitative estimate of drug-likeness (QED) is 0.387. The first-order valence-electron chi connectivity index (χ1n) is 14.1. The predicted octanol–water partition coefficient (Wildman–Crippen LogP) is 5.57. The Labute approximate surface area is 212 Å². The first kappa shape index (κ1) is 27.1. The summed E-state index contributed by atoms with van der Waals surface area (Å²) in [7, 11) is 0. The Hall–Kier alpha value is -0.910. The van der Waals surface area contributed by atoms with Gasteiger partial charge in [-0.15, -0.1) is 0 Å². The van der Waals surface area contributed by atoms with Crippen LogP contribution < -0.4 is 0 Å². The Bertz CT molecular complexity index is 876. The van der Waals surface area contributed by atoms with Crippen molar-refractivity contribution in [1.29, 1.82) is 0 Å². The highest BCUT2D eigenvalue weighted by Gasteiger charge is 2.65. The molecule has 0 bridgehead atoms. The average molecular weight is 491 g/mol. The fourth-order valence-corrected chi connectivity index (χ4v) is 9.65. The minimum absolute atomic E-state index is 0.0585. The van der Waals surface area contributed by atoms with Crippen LogP contribution in [0.5, 0.6) is 0 Å². The van der Waals surface area contributed by atoms with Crippen molar-refractivity contribution in [2.45, 2.75) is 124 Å². The fourth-order valence-electron chi connectivity index (χ4n) is 9.65. The molecule has 4 N–H and O–H groups in total. The van der Waals surface area contributed by atoms with Gasteiger partial charge in [0.25, 0.3) is 0 Å². The van der Waals surface area contributed by atoms with Crippen LogP contribution in [-0.2, 0) is 4.79 Å². The topological polar surface area (TPSA) is 98.0 Å². The van der Waals surface area contributed by atoms with Crippen molar-refractivity contribution < 1.29 is 25.2 Å². The Morgan fingerprint density at radius 3 is 2.31 bits per heavy atom. The lowest BCUT2D eigenvalue weighted by Gasteiger charge is -2.63. The standard InChI is InChI=1S/C30H50O5/c1-8-9-22-26(3,4)24(32)21(31)17-28(22,6)19-10-11-20-23-29(7,35)18(2)12-13-30(23,25(33)34)15-14-27(20,5)16-19/h11,18-19,21-24,31-32,35H,8-10,12-17H2,1-7H3,(H,33,34)/t18-,19+,21-,22+,23-,24+,27+,28-,29-,30+/m1/s1. The lowest BCUT2D eigenvalue weighted by atomic mass is 9.42. The van der Waals surface area contributed by atoms with Crippen molar-refractivity contribution in [1.82, 2.24) is 0 Å². The largest absolute Gasteiger partial charge is 0.481 e. The van der Waals surface area contributed by atoms with E-state index < -0.39 is 29.2 Å². The van der Waals surface area contributed by atoms with Gasteiger partial charge in [0.1, 0.15) is 0 Å². The van der Waals surface area contributed by atoms with Gasteiger partial charge < -0.3 is 20.4 Å². The highest BCUT2D eigenvalue weighted by molar-refractivity contribution is 5.77. The highest BCUT2D eigenvalue weighted by atomic mass is 16.4. The maximum atomic E-state index is 12.7. The molecule has 4 aliphatic rings. The molecule has 5 nitrogen and oxygen atoms in total. The van der Waals surface area contributed by atoms with Crippen LogP contribution in [0, 0.1) is 45.3 Å². The molecule has 4 rings (SSSR count). The second kappa shape index (κ2) is 8.56. The van der Waals surface area contributed by atoms with Crippen molar-refractivity contribution in [3.8, 4) is 0 Å². The number of aliphatic hydroxyl groups excluding tert-OH is 2. The van der Waals surface area contributed by atoms with Gasteiger partial charge in [-0.1, -0.05) is 59.6 Å². The zero-order valence-corrected chi connectivity index (χ0v) is 23.1. The number of carboxylic acids is 1. The van der Waals surface area contributed by atoms with E-state index in [-0.39, 0.29) is 28.1 Å². The zero-order valence-electron chi connectivity index (χ0n) is 23.1. The number of carbonyl (C=O) groups is 1. The third-order valence-electron chi connectivity index (χ3n) is 12.0. The summed E-state index contributed by atoms with van der Waals surface area (Å²) in [6, 6.07) is 0. The molecular weight excluding hydrogens is 440 g/mol. The molecule has 3 fully saturated rings. The smallest absolute Gasteiger partial charge is 0.310 e. The summed E-state index contributed by atoms with van der Waals surface area (Å²) in [5.74, 6) is -0.409. The van der Waals surface area contributed by atoms with Crippen LogP contribution in [0.4, 0.5) is 0 Å². The maximum Gasteiger partial charge on any atom is 0.310 e. The Morgan fingerprint density at radius 1 is 1.06 bits per heavy atom. The van der Waals surface area contributed by atoms with Crippen LogP contribution in [0.1, 0.15) is 106 Å². The lowest BCUT2D eigenvalue weighted by molar-refractivity contribution is -0.191. The van der Waals surface area contributed by atoms with Crippen molar-refractivity contribution in [2.24, 2.45) is 45.3 Å². The Kier molecular flexibility index (Phi) is 6.64. The molecule has 0 unspecified atom stereocenters. The van der Waals surface area contributed by atoms with Crippen LogP contribution in [-0.4, -0.2) is 44.2 Å². The number of aliphatic carboxylic acids is 1. The molecule has 0 radical (unpaired) electrons. The van der Waals surface area contributed by atoms with Gasteiger partial charge in [-0.2, -0.15) is 0 Å². The number of rotatable bonds is 4. The number of fused-ring (bicyclic) bond motifs is 3. The van der Waals surface area contributed by atoms with Gasteiger partial charge in [0.15, 0.2) is 0 Å². The third kappa shape index (κ3) is 3.77. The van der Waals surface area contributed by atoms with E-state index in [1.165, 1.54) is 5.57 Å². The highest BCUT2D eigenvalue weighted by Crippen LogP contribution is 2.67. The van der Waals surface area contributed by atoms with E-state index >= 15 is 0 Å². The van der Waals surface area contributed by atoms with Gasteiger partial charge in [0.2, 0.25) is 0 Å². The molecule has 0 aliphatic heterocycles. The van der Waals surface area contributed by atoms with Gasteiger partial charge in [0, 0.05) is 5.92 Å². The van der Waals surface area contributed by atoms with Gasteiger partial charge in [0.05, 0.1) is 23.2 Å². The number of carboxylic acid groups (broad SMARTS) is 1. The van der Waals surface area contributed by atoms with Crippen LogP contribution in [0.3, 0.4) is 0 Å². The summed E-state index contributed by atoms with van der Waals surface area (Å²) in [5, 5.41) is 44.0. The van der Waals surface area contributed by atoms with E-state index in [9.17, 15) is 25.2 Å². The number of hydrogen-bond donors (Lipinski definition) is 4. The van der Waals surface area contributed by atoms with E-state index in [0.29, 0.717) is 31.1 Å². The molecule has 3 saturated carbocycles. The molecular formula is C30H50O5. The zero-order chi connectivity index (χ0) is 26.2. The van der Waals surface area contributed by atoms with Crippen LogP contribution >= 0.6 is 0 Å². The second-order valence-corrected chi connectivity index (χ2v) is 14.3. The molecule has 0 aromatic rings. The average Bonchev–Trinajstić information content (AvgIpc) is 2.77. The number of hydrogen-bond acceptors (Lipinski definition) is 4. The molecule has 10 atom stereocenters. The summed E-state index contributed by atoms with van der Waals surface area (Å²) in [6.45, 7) is 15.0. The molecule has 35 heavy (non-hydrogen) atoms. The summed E-state index contributed by atoms with van der Waals surface area (Å²) in [4.78, 5) is 12.7. The second-order valence-electron chi connectivity index (χ2n) is 14.3. The van der Waals surface area contributed by atoms with E-state index in [2.05, 4.69) is 47.6 Å². The molecule has 4 aliphatic carbocycles. The van der Waals surface area contributed by atoms with Crippen LogP contribution in [0.25, 0.3) is 0 Å². The van der Waals surface area contributed by atoms with Gasteiger partial charge in [-0.3, -0.25) is 4.79 Å². The normalized spacial score (nSPS) is 51.7. The lowest BCUT2D eigenvalue weighted by Crippen LogP contribution is -2.63.